The van der Waals surface area contributed by atoms with Gasteiger partial charge in [0.25, 0.3) is 0 Å². The molecule has 2 rings (SSSR count). The molecule has 0 amide bonds. The highest BCUT2D eigenvalue weighted by Gasteiger charge is 2.11. The van der Waals surface area contributed by atoms with E-state index >= 15 is 0 Å². The number of thiocarbonyl (C=S) groups is 1. The maximum atomic E-state index is 5.71. The van der Waals surface area contributed by atoms with Gasteiger partial charge in [0.1, 0.15) is 10.7 Å². The van der Waals surface area contributed by atoms with E-state index in [1.807, 2.05) is 26.1 Å². The van der Waals surface area contributed by atoms with Gasteiger partial charge in [-0.25, -0.2) is 0 Å². The third-order valence-corrected chi connectivity index (χ3v) is 3.07. The minimum Gasteiger partial charge on any atom is -0.469 e. The Balaban J connectivity index is 2.26. The van der Waals surface area contributed by atoms with Crippen molar-refractivity contribution >= 4 is 22.9 Å². The topological polar surface area (TPSA) is 55.3 Å². The molecule has 0 saturated carbocycles. The molecule has 0 spiro atoms. The lowest BCUT2D eigenvalue weighted by molar-refractivity contribution is 0.529. The number of aromatic nitrogens is 1. The van der Waals surface area contributed by atoms with Crippen molar-refractivity contribution in [3.05, 3.63) is 47.7 Å². The first-order valence-electron chi connectivity index (χ1n) is 5.57. The maximum Gasteiger partial charge on any atom is 0.106 e. The van der Waals surface area contributed by atoms with E-state index in [2.05, 4.69) is 9.88 Å². The van der Waals surface area contributed by atoms with Gasteiger partial charge in [-0.2, -0.15) is 0 Å². The minimum atomic E-state index is 0.378. The Bertz CT molecular complexity index is 565. The van der Waals surface area contributed by atoms with Gasteiger partial charge >= 0.3 is 0 Å². The molecule has 0 aliphatic carbocycles. The second-order valence-electron chi connectivity index (χ2n) is 4.12. The third-order valence-electron chi connectivity index (χ3n) is 2.85. The van der Waals surface area contributed by atoms with Gasteiger partial charge in [0.05, 0.1) is 18.1 Å². The second kappa shape index (κ2) is 5.18. The third kappa shape index (κ3) is 2.51. The van der Waals surface area contributed by atoms with Crippen molar-refractivity contribution < 1.29 is 4.42 Å². The van der Waals surface area contributed by atoms with Crippen molar-refractivity contribution in [3.8, 4) is 0 Å². The number of hydrogen-bond donors (Lipinski definition) is 1. The molecule has 0 atom stereocenters. The maximum absolute atomic E-state index is 5.71. The molecule has 0 saturated heterocycles. The van der Waals surface area contributed by atoms with Crippen molar-refractivity contribution in [2.24, 2.45) is 5.73 Å². The van der Waals surface area contributed by atoms with E-state index in [-0.39, 0.29) is 0 Å². The fourth-order valence-electron chi connectivity index (χ4n) is 1.81. The number of hydrogen-bond acceptors (Lipinski definition) is 4. The number of nitrogens with two attached hydrogens (primary N) is 1. The summed E-state index contributed by atoms with van der Waals surface area (Å²) >= 11 is 5.05. The van der Waals surface area contributed by atoms with Gasteiger partial charge in [-0.05, 0) is 19.1 Å². The van der Waals surface area contributed by atoms with Crippen LogP contribution in [0.3, 0.4) is 0 Å². The largest absolute Gasteiger partial charge is 0.469 e. The molecule has 2 aromatic heterocycles. The van der Waals surface area contributed by atoms with E-state index in [1.54, 1.807) is 18.7 Å². The van der Waals surface area contributed by atoms with Crippen LogP contribution in [-0.2, 0) is 6.54 Å². The Labute approximate surface area is 111 Å². The van der Waals surface area contributed by atoms with Gasteiger partial charge < -0.3 is 15.1 Å². The normalized spacial score (nSPS) is 10.3. The van der Waals surface area contributed by atoms with E-state index in [4.69, 9.17) is 22.4 Å². The molecule has 4 nitrogen and oxygen atoms in total. The molecule has 18 heavy (non-hydrogen) atoms. The summed E-state index contributed by atoms with van der Waals surface area (Å²) in [5.74, 6) is 0.919. The van der Waals surface area contributed by atoms with E-state index < -0.39 is 0 Å². The molecular weight excluding hydrogens is 246 g/mol. The van der Waals surface area contributed by atoms with Crippen LogP contribution in [0.4, 0.5) is 5.69 Å². The average Bonchev–Trinajstić information content (AvgIpc) is 2.75. The van der Waals surface area contributed by atoms with Crippen molar-refractivity contribution in [1.82, 2.24) is 4.98 Å². The van der Waals surface area contributed by atoms with Gasteiger partial charge in [0.2, 0.25) is 0 Å². The first-order chi connectivity index (χ1) is 8.59. The molecule has 2 aromatic rings. The zero-order valence-corrected chi connectivity index (χ0v) is 11.2. The van der Waals surface area contributed by atoms with Crippen LogP contribution in [-0.4, -0.2) is 17.0 Å². The molecule has 2 N–H and O–H groups in total. The van der Waals surface area contributed by atoms with Gasteiger partial charge in [-0.3, -0.25) is 4.98 Å². The lowest BCUT2D eigenvalue weighted by Gasteiger charge is -2.21. The van der Waals surface area contributed by atoms with Crippen molar-refractivity contribution in [2.45, 2.75) is 13.5 Å². The summed E-state index contributed by atoms with van der Waals surface area (Å²) in [6.07, 6.45) is 5.15. The fraction of sp³-hybridized carbons (Fsp3) is 0.231. The summed E-state index contributed by atoms with van der Waals surface area (Å²) in [6, 6.07) is 3.79. The van der Waals surface area contributed by atoms with Crippen molar-refractivity contribution in [2.75, 3.05) is 11.9 Å². The van der Waals surface area contributed by atoms with Gasteiger partial charge in [-0.15, -0.1) is 0 Å². The SMILES string of the molecule is Cc1occc1CN(C)c1cnccc1C(N)=S. The zero-order valence-electron chi connectivity index (χ0n) is 10.4. The number of aryl methyl sites for hydroxylation is 1. The lowest BCUT2D eigenvalue weighted by atomic mass is 10.2. The molecule has 0 aliphatic heterocycles. The molecule has 2 heterocycles. The molecule has 0 aliphatic rings. The van der Waals surface area contributed by atoms with Crippen molar-refractivity contribution in [3.63, 3.8) is 0 Å². The summed E-state index contributed by atoms with van der Waals surface area (Å²) in [6.45, 7) is 2.67. The number of pyridine rings is 1. The summed E-state index contributed by atoms with van der Waals surface area (Å²) in [5, 5.41) is 0. The standard InChI is InChI=1S/C13H15N3OS/c1-9-10(4-6-17-9)8-16(2)12-7-15-5-3-11(12)13(14)18/h3-7H,8H2,1-2H3,(H2,14,18). The smallest absolute Gasteiger partial charge is 0.106 e. The van der Waals surface area contributed by atoms with Crippen LogP contribution in [0.5, 0.6) is 0 Å². The summed E-state index contributed by atoms with van der Waals surface area (Å²) in [7, 11) is 1.98. The lowest BCUT2D eigenvalue weighted by Crippen LogP contribution is -2.21. The quantitative estimate of drug-likeness (QED) is 0.855. The van der Waals surface area contributed by atoms with Crippen LogP contribution in [0.25, 0.3) is 0 Å². The predicted molar refractivity (Wildman–Crippen MR) is 75.7 cm³/mol. The monoisotopic (exact) mass is 261 g/mol. The average molecular weight is 261 g/mol. The van der Waals surface area contributed by atoms with E-state index in [1.165, 1.54) is 0 Å². The predicted octanol–water partition coefficient (Wildman–Crippen LogP) is 2.25. The Morgan fingerprint density at radius 2 is 2.28 bits per heavy atom. The highest BCUT2D eigenvalue weighted by Crippen LogP contribution is 2.21. The number of nitrogens with zero attached hydrogens (tertiary/aromatic N) is 2. The van der Waals surface area contributed by atoms with E-state index in [0.717, 1.165) is 29.1 Å². The molecule has 5 heteroatoms. The Morgan fingerprint density at radius 1 is 1.50 bits per heavy atom. The van der Waals surface area contributed by atoms with Crippen LogP contribution in [0.15, 0.2) is 35.2 Å². The van der Waals surface area contributed by atoms with E-state index in [0.29, 0.717) is 4.99 Å². The Hall–Kier alpha value is -1.88. The van der Waals surface area contributed by atoms with Crippen LogP contribution in [0, 0.1) is 6.92 Å². The van der Waals surface area contributed by atoms with E-state index in [9.17, 15) is 0 Å². The molecule has 94 valence electrons. The Kier molecular flexibility index (Phi) is 3.62. The first-order valence-corrected chi connectivity index (χ1v) is 5.98. The zero-order chi connectivity index (χ0) is 13.1. The highest BCUT2D eigenvalue weighted by atomic mass is 32.1. The molecule has 0 unspecified atom stereocenters. The van der Waals surface area contributed by atoms with Crippen LogP contribution < -0.4 is 10.6 Å². The summed E-state index contributed by atoms with van der Waals surface area (Å²) < 4.78 is 5.29. The second-order valence-corrected chi connectivity index (χ2v) is 4.55. The van der Waals surface area contributed by atoms with Crippen LogP contribution >= 0.6 is 12.2 Å². The molecule has 0 bridgehead atoms. The number of furan rings is 1. The van der Waals surface area contributed by atoms with Gasteiger partial charge in [-0.1, -0.05) is 12.2 Å². The Morgan fingerprint density at radius 3 is 2.89 bits per heavy atom. The minimum absolute atomic E-state index is 0.378. The molecule has 0 radical (unpaired) electrons. The van der Waals surface area contributed by atoms with Crippen LogP contribution in [0.2, 0.25) is 0 Å². The van der Waals surface area contributed by atoms with Crippen molar-refractivity contribution in [1.29, 1.82) is 0 Å². The van der Waals surface area contributed by atoms with Crippen LogP contribution in [0.1, 0.15) is 16.9 Å². The summed E-state index contributed by atoms with van der Waals surface area (Å²) in [5.41, 5.74) is 8.61. The number of rotatable bonds is 4. The molecule has 0 aromatic carbocycles. The molecule has 0 fully saturated rings. The first kappa shape index (κ1) is 12.6. The van der Waals surface area contributed by atoms with Gasteiger partial charge in [0, 0.05) is 30.9 Å². The van der Waals surface area contributed by atoms with Gasteiger partial charge in [0.15, 0.2) is 0 Å². The highest BCUT2D eigenvalue weighted by molar-refractivity contribution is 7.80. The number of anilines is 1. The molecular formula is C13H15N3OS. The fourth-order valence-corrected chi connectivity index (χ4v) is 1.99. The summed E-state index contributed by atoms with van der Waals surface area (Å²) in [4.78, 5) is 6.55.